The summed E-state index contributed by atoms with van der Waals surface area (Å²) >= 11 is 0. The molecule has 0 spiro atoms. The van der Waals surface area contributed by atoms with Gasteiger partial charge in [-0.15, -0.1) is 0 Å². The van der Waals surface area contributed by atoms with Crippen LogP contribution in [-0.4, -0.2) is 24.6 Å². The maximum atomic E-state index is 11.5. The largest absolute Gasteiger partial charge is 0.326 e. The molecule has 1 aromatic carbocycles. The molecule has 0 bridgehead atoms. The number of hydrogen-bond donors (Lipinski definition) is 2. The fraction of sp³-hybridized carbons (Fsp3) is 0.364. The molecule has 1 aromatic rings. The first-order chi connectivity index (χ1) is 8.37. The van der Waals surface area contributed by atoms with Crippen molar-refractivity contribution >= 4 is 31.5 Å². The molecule has 0 fully saturated rings. The van der Waals surface area contributed by atoms with Crippen LogP contribution in [0.1, 0.15) is 18.4 Å². The fourth-order valence-corrected chi connectivity index (χ4v) is 2.72. The number of rotatable bonds is 6. The molecule has 0 aromatic heterocycles. The number of carbonyl (C=O) groups excluding carboxylic acids is 1. The van der Waals surface area contributed by atoms with Crippen molar-refractivity contribution in [3.05, 3.63) is 29.8 Å². The molecule has 100 valence electrons. The van der Waals surface area contributed by atoms with E-state index >= 15 is 0 Å². The number of benzene rings is 1. The van der Waals surface area contributed by atoms with Crippen molar-refractivity contribution in [1.29, 1.82) is 0 Å². The maximum Gasteiger partial charge on any atom is 0.319 e. The normalized spacial score (nSPS) is 11.2. The minimum Gasteiger partial charge on any atom is -0.326 e. The molecule has 0 atom stereocenters. The lowest BCUT2D eigenvalue weighted by molar-refractivity contribution is -0.116. The van der Waals surface area contributed by atoms with Gasteiger partial charge in [-0.2, -0.15) is 8.42 Å². The van der Waals surface area contributed by atoms with Crippen molar-refractivity contribution in [2.75, 3.05) is 11.1 Å². The summed E-state index contributed by atoms with van der Waals surface area (Å²) < 4.78 is 29.3. The summed E-state index contributed by atoms with van der Waals surface area (Å²) in [5.41, 5.74) is 1.82. The number of amides is 1. The zero-order valence-corrected chi connectivity index (χ0v) is 11.6. The lowest BCUT2D eigenvalue weighted by Crippen LogP contribution is -2.11. The molecule has 0 heterocycles. The summed E-state index contributed by atoms with van der Waals surface area (Å²) in [4.78, 5) is 11.5. The molecule has 0 radical (unpaired) electrons. The van der Waals surface area contributed by atoms with Gasteiger partial charge in [0.1, 0.15) is 0 Å². The minimum atomic E-state index is -4.00. The Hall–Kier alpha value is -1.05. The van der Waals surface area contributed by atoms with Crippen molar-refractivity contribution in [2.24, 2.45) is 0 Å². The zero-order chi connectivity index (χ0) is 13.6. The predicted molar refractivity (Wildman–Crippen MR) is 73.0 cm³/mol. The standard InChI is InChI=1S/C11H15NO4S2/c1-9-4-6-10(7-5-9)12-11(13)3-2-8-17-18(14,15)16/h4-7H,2-3,8H2,1H3,(H,12,13)(H,14,15,16). The number of nitrogens with one attached hydrogen (secondary N) is 1. The molecule has 0 saturated carbocycles. The van der Waals surface area contributed by atoms with E-state index in [1.54, 1.807) is 12.1 Å². The van der Waals surface area contributed by atoms with Crippen LogP contribution in [0.3, 0.4) is 0 Å². The molecule has 0 aliphatic carbocycles. The quantitative estimate of drug-likeness (QED) is 0.477. The number of aryl methyl sites for hydroxylation is 1. The molecular formula is C11H15NO4S2. The molecule has 1 amide bonds. The first kappa shape index (κ1) is 15.0. The van der Waals surface area contributed by atoms with Crippen molar-refractivity contribution in [1.82, 2.24) is 0 Å². The SMILES string of the molecule is Cc1ccc(NC(=O)CCCSS(=O)(=O)O)cc1. The van der Waals surface area contributed by atoms with Gasteiger partial charge in [0.15, 0.2) is 0 Å². The summed E-state index contributed by atoms with van der Waals surface area (Å²) in [5.74, 6) is 0.0231. The third-order valence-electron chi connectivity index (χ3n) is 2.12. The highest BCUT2D eigenvalue weighted by Crippen LogP contribution is 2.13. The Morgan fingerprint density at radius 3 is 2.50 bits per heavy atom. The van der Waals surface area contributed by atoms with Gasteiger partial charge in [0.25, 0.3) is 0 Å². The van der Waals surface area contributed by atoms with Crippen LogP contribution in [0.15, 0.2) is 24.3 Å². The molecule has 2 N–H and O–H groups in total. The first-order valence-corrected chi connectivity index (χ1v) is 8.29. The Morgan fingerprint density at radius 2 is 1.94 bits per heavy atom. The average Bonchev–Trinajstić information content (AvgIpc) is 2.26. The Morgan fingerprint density at radius 1 is 1.33 bits per heavy atom. The minimum absolute atomic E-state index is 0.171. The average molecular weight is 289 g/mol. The van der Waals surface area contributed by atoms with E-state index in [1.165, 1.54) is 0 Å². The van der Waals surface area contributed by atoms with Crippen LogP contribution < -0.4 is 5.32 Å². The van der Waals surface area contributed by atoms with E-state index < -0.39 is 9.15 Å². The van der Waals surface area contributed by atoms with Gasteiger partial charge >= 0.3 is 9.15 Å². The highest BCUT2D eigenvalue weighted by molar-refractivity contribution is 8.69. The molecular weight excluding hydrogens is 274 g/mol. The van der Waals surface area contributed by atoms with Crippen molar-refractivity contribution < 1.29 is 17.8 Å². The van der Waals surface area contributed by atoms with Crippen LogP contribution in [0.25, 0.3) is 0 Å². The molecule has 0 aliphatic heterocycles. The van der Waals surface area contributed by atoms with E-state index in [9.17, 15) is 13.2 Å². The second-order valence-electron chi connectivity index (χ2n) is 3.77. The van der Waals surface area contributed by atoms with E-state index in [2.05, 4.69) is 5.32 Å². The Labute approximate surface area is 110 Å². The molecule has 1 rings (SSSR count). The zero-order valence-electron chi connectivity index (χ0n) is 9.92. The molecule has 7 heteroatoms. The highest BCUT2D eigenvalue weighted by atomic mass is 33.1. The Kier molecular flexibility index (Phi) is 5.64. The van der Waals surface area contributed by atoms with Gasteiger partial charge in [0.2, 0.25) is 5.91 Å². The monoisotopic (exact) mass is 289 g/mol. The van der Waals surface area contributed by atoms with Gasteiger partial charge in [-0.1, -0.05) is 17.7 Å². The molecule has 18 heavy (non-hydrogen) atoms. The van der Waals surface area contributed by atoms with Gasteiger partial charge in [-0.05, 0) is 36.3 Å². The number of hydrogen-bond acceptors (Lipinski definition) is 4. The van der Waals surface area contributed by atoms with Crippen molar-refractivity contribution in [2.45, 2.75) is 19.8 Å². The fourth-order valence-electron chi connectivity index (χ4n) is 1.26. The molecule has 5 nitrogen and oxygen atoms in total. The van der Waals surface area contributed by atoms with Crippen LogP contribution in [0.4, 0.5) is 5.69 Å². The predicted octanol–water partition coefficient (Wildman–Crippen LogP) is 2.25. The lowest BCUT2D eigenvalue weighted by atomic mass is 10.2. The number of carbonyl (C=O) groups is 1. The second kappa shape index (κ2) is 6.77. The van der Waals surface area contributed by atoms with E-state index in [1.807, 2.05) is 19.1 Å². The van der Waals surface area contributed by atoms with Gasteiger partial charge in [-0.25, -0.2) is 0 Å². The Balaban J connectivity index is 2.28. The van der Waals surface area contributed by atoms with Crippen LogP contribution >= 0.6 is 10.8 Å². The molecule has 0 saturated heterocycles. The van der Waals surface area contributed by atoms with Crippen LogP contribution in [-0.2, 0) is 13.9 Å². The summed E-state index contributed by atoms with van der Waals surface area (Å²) in [6.45, 7) is 1.96. The summed E-state index contributed by atoms with van der Waals surface area (Å²) in [6, 6.07) is 7.40. The third-order valence-corrected chi connectivity index (χ3v) is 4.26. The van der Waals surface area contributed by atoms with Crippen LogP contribution in [0.5, 0.6) is 0 Å². The maximum absolute atomic E-state index is 11.5. The topological polar surface area (TPSA) is 83.5 Å². The molecule has 0 unspecified atom stereocenters. The smallest absolute Gasteiger partial charge is 0.319 e. The number of anilines is 1. The van der Waals surface area contributed by atoms with Crippen molar-refractivity contribution in [3.8, 4) is 0 Å². The van der Waals surface area contributed by atoms with Crippen molar-refractivity contribution in [3.63, 3.8) is 0 Å². The Bertz CT molecular complexity index is 496. The summed E-state index contributed by atoms with van der Waals surface area (Å²) in [5, 5.41) is 2.71. The third kappa shape index (κ3) is 6.63. The second-order valence-corrected chi connectivity index (χ2v) is 7.24. The lowest BCUT2D eigenvalue weighted by Gasteiger charge is -2.05. The van der Waals surface area contributed by atoms with E-state index in [0.717, 1.165) is 5.56 Å². The van der Waals surface area contributed by atoms with E-state index in [-0.39, 0.29) is 18.1 Å². The van der Waals surface area contributed by atoms with Gasteiger partial charge < -0.3 is 5.32 Å². The van der Waals surface area contributed by atoms with Gasteiger partial charge in [0.05, 0.1) is 0 Å². The highest BCUT2D eigenvalue weighted by Gasteiger charge is 2.06. The van der Waals surface area contributed by atoms with Gasteiger partial charge in [-0.3, -0.25) is 9.35 Å². The van der Waals surface area contributed by atoms with E-state index in [4.69, 9.17) is 4.55 Å². The van der Waals surface area contributed by atoms with Gasteiger partial charge in [0, 0.05) is 17.9 Å². The first-order valence-electron chi connectivity index (χ1n) is 5.35. The summed E-state index contributed by atoms with van der Waals surface area (Å²) in [7, 11) is -3.57. The van der Waals surface area contributed by atoms with E-state index in [0.29, 0.717) is 22.9 Å². The molecule has 0 aliphatic rings. The van der Waals surface area contributed by atoms with Crippen LogP contribution in [0, 0.1) is 6.92 Å². The van der Waals surface area contributed by atoms with Crippen LogP contribution in [0.2, 0.25) is 0 Å². The summed E-state index contributed by atoms with van der Waals surface area (Å²) in [6.07, 6.45) is 0.610.